The molecule has 6 heteroatoms. The lowest BCUT2D eigenvalue weighted by molar-refractivity contribution is 0.0923. The van der Waals surface area contributed by atoms with Crippen LogP contribution in [0, 0.1) is 0 Å². The monoisotopic (exact) mass is 251 g/mol. The van der Waals surface area contributed by atoms with Crippen LogP contribution in [0.1, 0.15) is 29.8 Å². The second-order valence-electron chi connectivity index (χ2n) is 4.95. The number of likely N-dealkylation sites (tertiary alicyclic amines) is 1. The van der Waals surface area contributed by atoms with Crippen molar-refractivity contribution in [1.29, 1.82) is 0 Å². The van der Waals surface area contributed by atoms with Gasteiger partial charge in [-0.25, -0.2) is 0 Å². The summed E-state index contributed by atoms with van der Waals surface area (Å²) in [5, 5.41) is 6.98. The molecule has 0 aromatic carbocycles. The molecule has 0 spiro atoms. The van der Waals surface area contributed by atoms with Gasteiger partial charge < -0.3 is 16.0 Å². The van der Waals surface area contributed by atoms with Gasteiger partial charge in [-0.15, -0.1) is 0 Å². The molecule has 1 amide bonds. The zero-order valence-corrected chi connectivity index (χ0v) is 11.0. The molecule has 2 rings (SSSR count). The van der Waals surface area contributed by atoms with Gasteiger partial charge in [-0.2, -0.15) is 5.10 Å². The minimum absolute atomic E-state index is 0.188. The number of hydrogen-bond donors (Lipinski definition) is 2. The van der Waals surface area contributed by atoms with Crippen LogP contribution in [0.15, 0.2) is 6.20 Å². The predicted octanol–water partition coefficient (Wildman–Crippen LogP) is 0.216. The number of carbonyl (C=O) groups is 1. The first kappa shape index (κ1) is 12.9. The van der Waals surface area contributed by atoms with Gasteiger partial charge in [0.05, 0.1) is 5.69 Å². The highest BCUT2D eigenvalue weighted by Gasteiger charge is 2.21. The van der Waals surface area contributed by atoms with Crippen LogP contribution in [0.2, 0.25) is 0 Å². The third-order valence-electron chi connectivity index (χ3n) is 3.49. The molecule has 1 unspecified atom stereocenters. The summed E-state index contributed by atoms with van der Waals surface area (Å²) in [4.78, 5) is 14.2. The Morgan fingerprint density at radius 1 is 1.56 bits per heavy atom. The molecular weight excluding hydrogens is 230 g/mol. The van der Waals surface area contributed by atoms with Crippen molar-refractivity contribution in [3.63, 3.8) is 0 Å². The van der Waals surface area contributed by atoms with Crippen molar-refractivity contribution in [2.45, 2.75) is 25.3 Å². The molecule has 18 heavy (non-hydrogen) atoms. The van der Waals surface area contributed by atoms with Gasteiger partial charge >= 0.3 is 0 Å². The fourth-order valence-corrected chi connectivity index (χ4v) is 2.38. The Bertz CT molecular complexity index is 428. The number of nitrogen functional groups attached to an aromatic ring is 1. The number of likely N-dealkylation sites (N-methyl/N-ethyl adjacent to an activating group) is 1. The van der Waals surface area contributed by atoms with Crippen molar-refractivity contribution in [2.24, 2.45) is 7.05 Å². The summed E-state index contributed by atoms with van der Waals surface area (Å²) in [6.07, 6.45) is 5.25. The van der Waals surface area contributed by atoms with Crippen molar-refractivity contribution in [3.05, 3.63) is 11.9 Å². The molecule has 1 aliphatic heterocycles. The first-order chi connectivity index (χ1) is 8.58. The average Bonchev–Trinajstić information content (AvgIpc) is 2.67. The van der Waals surface area contributed by atoms with Gasteiger partial charge in [-0.1, -0.05) is 6.42 Å². The van der Waals surface area contributed by atoms with Crippen molar-refractivity contribution >= 4 is 11.6 Å². The van der Waals surface area contributed by atoms with E-state index in [2.05, 4.69) is 22.4 Å². The number of nitrogens with one attached hydrogen (secondary N) is 1. The Balaban J connectivity index is 1.90. The zero-order valence-electron chi connectivity index (χ0n) is 11.0. The number of carbonyl (C=O) groups excluding carboxylic acids is 1. The number of anilines is 1. The zero-order chi connectivity index (χ0) is 13.1. The summed E-state index contributed by atoms with van der Waals surface area (Å²) >= 11 is 0. The number of amides is 1. The fourth-order valence-electron chi connectivity index (χ4n) is 2.38. The normalized spacial score (nSPS) is 20.9. The van der Waals surface area contributed by atoms with Gasteiger partial charge in [0.15, 0.2) is 5.69 Å². The maximum absolute atomic E-state index is 11.9. The highest BCUT2D eigenvalue weighted by atomic mass is 16.2. The standard InChI is InChI=1S/C12H21N5O/c1-16-6-4-3-5-9(16)7-14-12(18)11-10(13)8-17(2)15-11/h8-9H,3-7,13H2,1-2H3,(H,14,18). The summed E-state index contributed by atoms with van der Waals surface area (Å²) in [5.74, 6) is -0.188. The Morgan fingerprint density at radius 2 is 2.33 bits per heavy atom. The van der Waals surface area contributed by atoms with Crippen LogP contribution in [-0.2, 0) is 7.05 Å². The van der Waals surface area contributed by atoms with Crippen LogP contribution in [-0.4, -0.2) is 46.8 Å². The Kier molecular flexibility index (Phi) is 3.86. The Morgan fingerprint density at radius 3 is 2.94 bits per heavy atom. The summed E-state index contributed by atoms with van der Waals surface area (Å²) in [7, 11) is 3.85. The van der Waals surface area contributed by atoms with E-state index in [0.717, 1.165) is 13.0 Å². The van der Waals surface area contributed by atoms with Crippen LogP contribution >= 0.6 is 0 Å². The summed E-state index contributed by atoms with van der Waals surface area (Å²) in [6.45, 7) is 1.76. The third kappa shape index (κ3) is 2.81. The number of aromatic nitrogens is 2. The number of piperidine rings is 1. The van der Waals surface area contributed by atoms with Crippen molar-refractivity contribution in [1.82, 2.24) is 20.0 Å². The molecule has 0 aliphatic carbocycles. The predicted molar refractivity (Wildman–Crippen MR) is 70.2 cm³/mol. The van der Waals surface area contributed by atoms with E-state index >= 15 is 0 Å². The molecule has 1 saturated heterocycles. The molecule has 100 valence electrons. The molecule has 2 heterocycles. The third-order valence-corrected chi connectivity index (χ3v) is 3.49. The first-order valence-corrected chi connectivity index (χ1v) is 6.35. The highest BCUT2D eigenvalue weighted by Crippen LogP contribution is 2.14. The lowest BCUT2D eigenvalue weighted by Gasteiger charge is -2.32. The number of nitrogens with two attached hydrogens (primary N) is 1. The number of aryl methyl sites for hydroxylation is 1. The largest absolute Gasteiger partial charge is 0.396 e. The molecule has 1 atom stereocenters. The number of rotatable bonds is 3. The minimum atomic E-state index is -0.188. The van der Waals surface area contributed by atoms with E-state index in [-0.39, 0.29) is 5.91 Å². The van der Waals surface area contributed by atoms with Crippen molar-refractivity contribution in [3.8, 4) is 0 Å². The SMILES string of the molecule is CN1CCCCC1CNC(=O)c1nn(C)cc1N. The molecule has 1 aromatic heterocycles. The second kappa shape index (κ2) is 5.39. The van der Waals surface area contributed by atoms with Gasteiger partial charge in [-0.05, 0) is 26.4 Å². The van der Waals surface area contributed by atoms with Crippen LogP contribution < -0.4 is 11.1 Å². The van der Waals surface area contributed by atoms with E-state index in [1.54, 1.807) is 17.9 Å². The molecule has 6 nitrogen and oxygen atoms in total. The smallest absolute Gasteiger partial charge is 0.273 e. The minimum Gasteiger partial charge on any atom is -0.396 e. The topological polar surface area (TPSA) is 76.2 Å². The van der Waals surface area contributed by atoms with Crippen LogP contribution in [0.25, 0.3) is 0 Å². The molecule has 1 fully saturated rings. The van der Waals surface area contributed by atoms with E-state index in [9.17, 15) is 4.79 Å². The summed E-state index contributed by atoms with van der Waals surface area (Å²) in [5.41, 5.74) is 6.46. The van der Waals surface area contributed by atoms with Crippen molar-refractivity contribution < 1.29 is 4.79 Å². The van der Waals surface area contributed by atoms with Gasteiger partial charge in [0.2, 0.25) is 0 Å². The maximum Gasteiger partial charge on any atom is 0.273 e. The molecule has 1 aliphatic rings. The highest BCUT2D eigenvalue weighted by molar-refractivity contribution is 5.96. The summed E-state index contributed by atoms with van der Waals surface area (Å²) < 4.78 is 1.55. The maximum atomic E-state index is 11.9. The van der Waals surface area contributed by atoms with E-state index in [4.69, 9.17) is 5.73 Å². The molecule has 0 bridgehead atoms. The van der Waals surface area contributed by atoms with Crippen LogP contribution in [0.3, 0.4) is 0 Å². The fraction of sp³-hybridized carbons (Fsp3) is 0.667. The van der Waals surface area contributed by atoms with Crippen LogP contribution in [0.4, 0.5) is 5.69 Å². The quantitative estimate of drug-likeness (QED) is 0.805. The lowest BCUT2D eigenvalue weighted by atomic mass is 10.0. The van der Waals surface area contributed by atoms with E-state index in [0.29, 0.717) is 24.0 Å². The molecule has 1 aromatic rings. The van der Waals surface area contributed by atoms with Gasteiger partial charge in [-0.3, -0.25) is 9.48 Å². The molecule has 0 saturated carbocycles. The number of hydrogen-bond acceptors (Lipinski definition) is 4. The Hall–Kier alpha value is -1.56. The summed E-state index contributed by atoms with van der Waals surface area (Å²) in [6, 6.07) is 0.424. The molecule has 0 radical (unpaired) electrons. The molecule has 3 N–H and O–H groups in total. The van der Waals surface area contributed by atoms with E-state index < -0.39 is 0 Å². The molecular formula is C12H21N5O. The Labute approximate surface area is 107 Å². The van der Waals surface area contributed by atoms with Gasteiger partial charge in [0, 0.05) is 25.8 Å². The van der Waals surface area contributed by atoms with Crippen LogP contribution in [0.5, 0.6) is 0 Å². The number of nitrogens with zero attached hydrogens (tertiary/aromatic N) is 3. The van der Waals surface area contributed by atoms with E-state index in [1.807, 2.05) is 0 Å². The van der Waals surface area contributed by atoms with E-state index in [1.165, 1.54) is 12.8 Å². The average molecular weight is 251 g/mol. The van der Waals surface area contributed by atoms with Gasteiger partial charge in [0.1, 0.15) is 0 Å². The second-order valence-corrected chi connectivity index (χ2v) is 4.95. The first-order valence-electron chi connectivity index (χ1n) is 6.35. The van der Waals surface area contributed by atoms with Crippen molar-refractivity contribution in [2.75, 3.05) is 25.9 Å². The van der Waals surface area contributed by atoms with Gasteiger partial charge in [0.25, 0.3) is 5.91 Å². The lowest BCUT2D eigenvalue weighted by Crippen LogP contribution is -2.44.